The average Bonchev–Trinajstić information content (AvgIpc) is 2.42. The van der Waals surface area contributed by atoms with Crippen LogP contribution in [0.25, 0.3) is 0 Å². The highest BCUT2D eigenvalue weighted by molar-refractivity contribution is 5.69. The van der Waals surface area contributed by atoms with Gasteiger partial charge in [-0.1, -0.05) is 6.07 Å². The van der Waals surface area contributed by atoms with Gasteiger partial charge < -0.3 is 10.1 Å². The van der Waals surface area contributed by atoms with Crippen LogP contribution in [0, 0.1) is 0 Å². The molecule has 0 amide bonds. The van der Waals surface area contributed by atoms with Gasteiger partial charge in [-0.2, -0.15) is 26.3 Å². The molecule has 0 radical (unpaired) electrons. The SMILES string of the molecule is CCOC(=O)CCNCc1ccc(C(F)(F)F)cc1C(F)(F)F. The molecule has 0 fully saturated rings. The molecular weight excluding hydrogens is 328 g/mol. The molecule has 23 heavy (non-hydrogen) atoms. The van der Waals surface area contributed by atoms with Crippen LogP contribution in [0.3, 0.4) is 0 Å². The lowest BCUT2D eigenvalue weighted by atomic mass is 10.0. The van der Waals surface area contributed by atoms with Crippen molar-refractivity contribution in [2.75, 3.05) is 13.2 Å². The number of alkyl halides is 6. The molecule has 9 heteroatoms. The maximum absolute atomic E-state index is 12.9. The number of nitrogens with one attached hydrogen (secondary N) is 1. The highest BCUT2D eigenvalue weighted by Gasteiger charge is 2.37. The molecule has 0 spiro atoms. The van der Waals surface area contributed by atoms with Gasteiger partial charge in [0.2, 0.25) is 0 Å². The van der Waals surface area contributed by atoms with E-state index >= 15 is 0 Å². The normalized spacial score (nSPS) is 12.3. The predicted octanol–water partition coefficient (Wildman–Crippen LogP) is 3.77. The van der Waals surface area contributed by atoms with E-state index in [0.29, 0.717) is 6.07 Å². The Morgan fingerprint density at radius 1 is 1.13 bits per heavy atom. The summed E-state index contributed by atoms with van der Waals surface area (Å²) in [5, 5.41) is 2.58. The van der Waals surface area contributed by atoms with Crippen molar-refractivity contribution in [2.45, 2.75) is 32.2 Å². The Hall–Kier alpha value is -1.77. The summed E-state index contributed by atoms with van der Waals surface area (Å²) in [4.78, 5) is 11.1. The molecular formula is C14H15F6NO2. The Morgan fingerprint density at radius 2 is 1.78 bits per heavy atom. The molecule has 0 saturated carbocycles. The van der Waals surface area contributed by atoms with Crippen molar-refractivity contribution in [1.29, 1.82) is 0 Å². The van der Waals surface area contributed by atoms with Crippen LogP contribution in [0.15, 0.2) is 18.2 Å². The van der Waals surface area contributed by atoms with Crippen LogP contribution >= 0.6 is 0 Å². The van der Waals surface area contributed by atoms with Gasteiger partial charge in [0.1, 0.15) is 0 Å². The van der Waals surface area contributed by atoms with Crippen LogP contribution in [0.1, 0.15) is 30.0 Å². The van der Waals surface area contributed by atoms with E-state index in [1.54, 1.807) is 6.92 Å². The summed E-state index contributed by atoms with van der Waals surface area (Å²) in [5.74, 6) is -0.511. The Labute approximate surface area is 128 Å². The fourth-order valence-corrected chi connectivity index (χ4v) is 1.82. The first-order valence-corrected chi connectivity index (χ1v) is 6.69. The summed E-state index contributed by atoms with van der Waals surface area (Å²) in [6, 6.07) is 1.46. The van der Waals surface area contributed by atoms with Crippen LogP contribution in [0.5, 0.6) is 0 Å². The molecule has 1 aromatic rings. The van der Waals surface area contributed by atoms with Gasteiger partial charge in [0, 0.05) is 13.1 Å². The number of benzene rings is 1. The summed E-state index contributed by atoms with van der Waals surface area (Å²) in [6.07, 6.45) is -9.80. The summed E-state index contributed by atoms with van der Waals surface area (Å²) in [6.45, 7) is 1.54. The molecule has 0 atom stereocenters. The molecule has 0 aliphatic heterocycles. The van der Waals surface area contributed by atoms with Crippen molar-refractivity contribution >= 4 is 5.97 Å². The number of hydrogen-bond acceptors (Lipinski definition) is 3. The molecule has 0 unspecified atom stereocenters. The second-order valence-corrected chi connectivity index (χ2v) is 4.60. The monoisotopic (exact) mass is 343 g/mol. The van der Waals surface area contributed by atoms with Gasteiger partial charge in [-0.15, -0.1) is 0 Å². The second-order valence-electron chi connectivity index (χ2n) is 4.60. The van der Waals surface area contributed by atoms with Crippen LogP contribution in [-0.2, 0) is 28.4 Å². The maximum atomic E-state index is 12.9. The smallest absolute Gasteiger partial charge is 0.416 e. The molecule has 3 nitrogen and oxygen atoms in total. The zero-order valence-corrected chi connectivity index (χ0v) is 12.1. The van der Waals surface area contributed by atoms with E-state index in [1.165, 1.54) is 0 Å². The van der Waals surface area contributed by atoms with Gasteiger partial charge >= 0.3 is 18.3 Å². The third-order valence-corrected chi connectivity index (χ3v) is 2.87. The molecule has 1 rings (SSSR count). The lowest BCUT2D eigenvalue weighted by Crippen LogP contribution is -2.22. The molecule has 0 heterocycles. The first-order valence-electron chi connectivity index (χ1n) is 6.69. The minimum absolute atomic E-state index is 0.0458. The minimum atomic E-state index is -4.90. The number of halogens is 6. The fraction of sp³-hybridized carbons (Fsp3) is 0.500. The third kappa shape index (κ3) is 6.09. The predicted molar refractivity (Wildman–Crippen MR) is 69.4 cm³/mol. The number of esters is 1. The standard InChI is InChI=1S/C14H15F6NO2/c1-2-23-12(22)5-6-21-8-9-3-4-10(13(15,16)17)7-11(9)14(18,19)20/h3-4,7,21H,2,5-6,8H2,1H3. The quantitative estimate of drug-likeness (QED) is 0.485. The van der Waals surface area contributed by atoms with Crippen molar-refractivity contribution in [3.63, 3.8) is 0 Å². The summed E-state index contributed by atoms with van der Waals surface area (Å²) in [5.41, 5.74) is -3.04. The first-order chi connectivity index (χ1) is 10.6. The average molecular weight is 343 g/mol. The Balaban J connectivity index is 2.80. The van der Waals surface area contributed by atoms with E-state index < -0.39 is 29.4 Å². The zero-order valence-electron chi connectivity index (χ0n) is 12.1. The van der Waals surface area contributed by atoms with Crippen molar-refractivity contribution in [3.8, 4) is 0 Å². The number of ether oxygens (including phenoxy) is 1. The number of hydrogen-bond donors (Lipinski definition) is 1. The van der Waals surface area contributed by atoms with Crippen molar-refractivity contribution in [1.82, 2.24) is 5.32 Å². The van der Waals surface area contributed by atoms with E-state index in [1.807, 2.05) is 0 Å². The number of rotatable bonds is 6. The zero-order chi connectivity index (χ0) is 17.7. The van der Waals surface area contributed by atoms with Crippen LogP contribution in [0.4, 0.5) is 26.3 Å². The molecule has 0 saturated heterocycles. The first kappa shape index (κ1) is 19.3. The lowest BCUT2D eigenvalue weighted by Gasteiger charge is -2.16. The largest absolute Gasteiger partial charge is 0.466 e. The van der Waals surface area contributed by atoms with Gasteiger partial charge in [-0.25, -0.2) is 0 Å². The molecule has 1 N–H and O–H groups in total. The third-order valence-electron chi connectivity index (χ3n) is 2.87. The van der Waals surface area contributed by atoms with E-state index in [2.05, 4.69) is 10.1 Å². The molecule has 1 aromatic carbocycles. The van der Waals surface area contributed by atoms with Crippen LogP contribution < -0.4 is 5.32 Å². The van der Waals surface area contributed by atoms with Gasteiger partial charge in [-0.3, -0.25) is 4.79 Å². The minimum Gasteiger partial charge on any atom is -0.466 e. The van der Waals surface area contributed by atoms with Crippen LogP contribution in [-0.4, -0.2) is 19.1 Å². The molecule has 0 aliphatic rings. The highest BCUT2D eigenvalue weighted by atomic mass is 19.4. The number of carbonyl (C=O) groups is 1. The molecule has 0 aliphatic carbocycles. The highest BCUT2D eigenvalue weighted by Crippen LogP contribution is 2.37. The van der Waals surface area contributed by atoms with E-state index in [9.17, 15) is 31.1 Å². The van der Waals surface area contributed by atoms with Gasteiger partial charge in [0.25, 0.3) is 0 Å². The summed E-state index contributed by atoms with van der Waals surface area (Å²) >= 11 is 0. The fourth-order valence-electron chi connectivity index (χ4n) is 1.82. The molecule has 0 aromatic heterocycles. The van der Waals surface area contributed by atoms with Crippen LogP contribution in [0.2, 0.25) is 0 Å². The number of carbonyl (C=O) groups excluding carboxylic acids is 1. The van der Waals surface area contributed by atoms with E-state index in [4.69, 9.17) is 0 Å². The molecule has 0 bridgehead atoms. The Kier molecular flexibility index (Phi) is 6.43. The summed E-state index contributed by atoms with van der Waals surface area (Å²) < 4.78 is 80.9. The van der Waals surface area contributed by atoms with Crippen molar-refractivity contribution in [3.05, 3.63) is 34.9 Å². The maximum Gasteiger partial charge on any atom is 0.416 e. The van der Waals surface area contributed by atoms with Gasteiger partial charge in [0.05, 0.1) is 24.2 Å². The topological polar surface area (TPSA) is 38.3 Å². The van der Waals surface area contributed by atoms with Gasteiger partial charge in [-0.05, 0) is 24.6 Å². The molecule has 130 valence electrons. The lowest BCUT2D eigenvalue weighted by molar-refractivity contribution is -0.144. The van der Waals surface area contributed by atoms with E-state index in [0.717, 1.165) is 6.07 Å². The Bertz CT molecular complexity index is 539. The Morgan fingerprint density at radius 3 is 2.30 bits per heavy atom. The van der Waals surface area contributed by atoms with Crippen molar-refractivity contribution < 1.29 is 35.9 Å². The summed E-state index contributed by atoms with van der Waals surface area (Å²) in [7, 11) is 0. The second kappa shape index (κ2) is 7.67. The van der Waals surface area contributed by atoms with Crippen molar-refractivity contribution in [2.24, 2.45) is 0 Å². The van der Waals surface area contributed by atoms with Gasteiger partial charge in [0.15, 0.2) is 0 Å². The van der Waals surface area contributed by atoms with E-state index in [-0.39, 0.29) is 37.7 Å².